The zero-order valence-corrected chi connectivity index (χ0v) is 14.2. The van der Waals surface area contributed by atoms with Gasteiger partial charge >= 0.3 is 0 Å². The summed E-state index contributed by atoms with van der Waals surface area (Å²) in [7, 11) is -7.11. The molecule has 0 aliphatic rings. The smallest absolute Gasteiger partial charge is 0.229 e. The largest absolute Gasteiger partial charge is 0.242 e. The predicted molar refractivity (Wildman–Crippen MR) is 78.6 cm³/mol. The van der Waals surface area contributed by atoms with E-state index >= 15 is 0 Å². The standard InChI is InChI=1S/C10H13BrClNO4S2/c1-7(6-18(2,14)15)13-19(16,17)10-4-3-8(11)5-9(10)12/h3-5,7,13H,6H2,1-2H3. The van der Waals surface area contributed by atoms with Gasteiger partial charge in [-0.3, -0.25) is 0 Å². The van der Waals surface area contributed by atoms with E-state index in [2.05, 4.69) is 20.7 Å². The summed E-state index contributed by atoms with van der Waals surface area (Å²) in [6.45, 7) is 1.48. The predicted octanol–water partition coefficient (Wildman–Crippen LogP) is 1.81. The Morgan fingerprint density at radius 1 is 1.32 bits per heavy atom. The van der Waals surface area contributed by atoms with Crippen LogP contribution in [0.1, 0.15) is 6.92 Å². The second-order valence-corrected chi connectivity index (χ2v) is 9.38. The van der Waals surface area contributed by atoms with E-state index in [0.717, 1.165) is 6.26 Å². The maximum atomic E-state index is 12.1. The number of sulfone groups is 1. The monoisotopic (exact) mass is 389 g/mol. The molecule has 1 rings (SSSR count). The van der Waals surface area contributed by atoms with Crippen LogP contribution in [0.5, 0.6) is 0 Å². The van der Waals surface area contributed by atoms with Crippen LogP contribution in [0, 0.1) is 0 Å². The summed E-state index contributed by atoms with van der Waals surface area (Å²) in [5, 5.41) is 0.0634. The van der Waals surface area contributed by atoms with E-state index in [1.54, 1.807) is 6.07 Å². The molecule has 1 atom stereocenters. The Bertz CT molecular complexity index is 673. The molecule has 0 radical (unpaired) electrons. The third-order valence-corrected chi connectivity index (χ3v) is 5.76. The van der Waals surface area contributed by atoms with E-state index in [9.17, 15) is 16.8 Å². The Balaban J connectivity index is 2.99. The van der Waals surface area contributed by atoms with Gasteiger partial charge in [-0.25, -0.2) is 21.6 Å². The molecule has 0 aliphatic carbocycles. The van der Waals surface area contributed by atoms with Crippen molar-refractivity contribution in [2.75, 3.05) is 12.0 Å². The SMILES string of the molecule is CC(CS(C)(=O)=O)NS(=O)(=O)c1ccc(Br)cc1Cl. The zero-order chi connectivity index (χ0) is 14.8. The lowest BCUT2D eigenvalue weighted by Gasteiger charge is -2.14. The molecule has 0 heterocycles. The number of halogens is 2. The van der Waals surface area contributed by atoms with Crippen LogP contribution in [0.15, 0.2) is 27.6 Å². The molecule has 1 aromatic carbocycles. The molecule has 1 unspecified atom stereocenters. The van der Waals surface area contributed by atoms with Crippen LogP contribution in [0.3, 0.4) is 0 Å². The van der Waals surface area contributed by atoms with Crippen molar-refractivity contribution in [3.63, 3.8) is 0 Å². The zero-order valence-electron chi connectivity index (χ0n) is 10.2. The summed E-state index contributed by atoms with van der Waals surface area (Å²) in [4.78, 5) is -0.0854. The fourth-order valence-electron chi connectivity index (χ4n) is 1.51. The first-order valence-electron chi connectivity index (χ1n) is 5.16. The molecule has 108 valence electrons. The number of nitrogens with one attached hydrogen (secondary N) is 1. The van der Waals surface area contributed by atoms with Gasteiger partial charge in [0, 0.05) is 16.8 Å². The van der Waals surface area contributed by atoms with E-state index in [1.165, 1.54) is 19.1 Å². The molecule has 0 spiro atoms. The third kappa shape index (κ3) is 5.39. The normalized spacial score (nSPS) is 14.3. The molecular weight excluding hydrogens is 378 g/mol. The van der Waals surface area contributed by atoms with Gasteiger partial charge in [-0.15, -0.1) is 0 Å². The van der Waals surface area contributed by atoms with Crippen molar-refractivity contribution in [3.05, 3.63) is 27.7 Å². The summed E-state index contributed by atoms with van der Waals surface area (Å²) >= 11 is 9.04. The molecule has 1 N–H and O–H groups in total. The van der Waals surface area contributed by atoms with Gasteiger partial charge in [-0.1, -0.05) is 27.5 Å². The molecule has 0 amide bonds. The first-order chi connectivity index (χ1) is 8.51. The Morgan fingerprint density at radius 3 is 2.37 bits per heavy atom. The number of sulfonamides is 1. The van der Waals surface area contributed by atoms with Crippen LogP contribution in [-0.2, 0) is 19.9 Å². The number of benzene rings is 1. The van der Waals surface area contributed by atoms with Crippen molar-refractivity contribution in [3.8, 4) is 0 Å². The number of rotatable bonds is 5. The van der Waals surface area contributed by atoms with Crippen LogP contribution in [0.4, 0.5) is 0 Å². The van der Waals surface area contributed by atoms with Gasteiger partial charge in [0.25, 0.3) is 0 Å². The first kappa shape index (κ1) is 16.9. The number of hydrogen-bond acceptors (Lipinski definition) is 4. The fourth-order valence-corrected chi connectivity index (χ4v) is 4.89. The van der Waals surface area contributed by atoms with E-state index in [-0.39, 0.29) is 15.7 Å². The molecule has 0 saturated heterocycles. The van der Waals surface area contributed by atoms with Gasteiger partial charge in [-0.05, 0) is 25.1 Å². The summed E-state index contributed by atoms with van der Waals surface area (Å²) in [5.74, 6) is -0.277. The maximum Gasteiger partial charge on any atom is 0.242 e. The molecular formula is C10H13BrClNO4S2. The third-order valence-electron chi connectivity index (χ3n) is 2.09. The van der Waals surface area contributed by atoms with Gasteiger partial charge in [0.2, 0.25) is 10.0 Å². The van der Waals surface area contributed by atoms with Crippen LogP contribution in [-0.4, -0.2) is 34.9 Å². The van der Waals surface area contributed by atoms with Gasteiger partial charge in [0.15, 0.2) is 0 Å². The molecule has 19 heavy (non-hydrogen) atoms. The first-order valence-corrected chi connectivity index (χ1v) is 9.88. The van der Waals surface area contributed by atoms with Crippen LogP contribution >= 0.6 is 27.5 Å². The Morgan fingerprint density at radius 2 is 1.89 bits per heavy atom. The highest BCUT2D eigenvalue weighted by molar-refractivity contribution is 9.10. The van der Waals surface area contributed by atoms with Crippen molar-refractivity contribution >= 4 is 47.4 Å². The van der Waals surface area contributed by atoms with Crippen molar-refractivity contribution in [2.24, 2.45) is 0 Å². The summed E-state index contributed by atoms with van der Waals surface area (Å²) in [6.07, 6.45) is 1.05. The second-order valence-electron chi connectivity index (χ2n) is 4.19. The lowest BCUT2D eigenvalue weighted by molar-refractivity contribution is 0.564. The van der Waals surface area contributed by atoms with Crippen LogP contribution in [0.2, 0.25) is 5.02 Å². The second kappa shape index (κ2) is 6.09. The molecule has 9 heteroatoms. The molecule has 0 aliphatic heterocycles. The summed E-state index contributed by atoms with van der Waals surface area (Å²) in [5.41, 5.74) is 0. The van der Waals surface area contributed by atoms with Gasteiger partial charge in [-0.2, -0.15) is 0 Å². The number of hydrogen-bond donors (Lipinski definition) is 1. The minimum atomic E-state index is -3.85. The van der Waals surface area contributed by atoms with Gasteiger partial charge in [0.1, 0.15) is 14.7 Å². The highest BCUT2D eigenvalue weighted by Crippen LogP contribution is 2.25. The molecule has 5 nitrogen and oxygen atoms in total. The fraction of sp³-hybridized carbons (Fsp3) is 0.400. The molecule has 0 aromatic heterocycles. The summed E-state index contributed by atoms with van der Waals surface area (Å²) < 4.78 is 49.3. The molecule has 1 aromatic rings. The highest BCUT2D eigenvalue weighted by Gasteiger charge is 2.22. The average Bonchev–Trinajstić information content (AvgIpc) is 2.11. The van der Waals surface area contributed by atoms with Crippen molar-refractivity contribution in [1.29, 1.82) is 0 Å². The topological polar surface area (TPSA) is 80.3 Å². The molecule has 0 bridgehead atoms. The minimum absolute atomic E-state index is 0.0634. The summed E-state index contributed by atoms with van der Waals surface area (Å²) in [6, 6.07) is 3.61. The van der Waals surface area contributed by atoms with Crippen LogP contribution < -0.4 is 4.72 Å². The lowest BCUT2D eigenvalue weighted by atomic mass is 10.4. The lowest BCUT2D eigenvalue weighted by Crippen LogP contribution is -2.37. The Kier molecular flexibility index (Phi) is 5.42. The van der Waals surface area contributed by atoms with E-state index in [4.69, 9.17) is 11.6 Å². The quantitative estimate of drug-likeness (QED) is 0.831. The van der Waals surface area contributed by atoms with E-state index in [0.29, 0.717) is 4.47 Å². The minimum Gasteiger partial charge on any atom is -0.229 e. The van der Waals surface area contributed by atoms with Crippen molar-refractivity contribution in [1.82, 2.24) is 4.72 Å². The Hall–Kier alpha value is -0.150. The molecule has 0 fully saturated rings. The van der Waals surface area contributed by atoms with Gasteiger partial charge < -0.3 is 0 Å². The van der Waals surface area contributed by atoms with E-state index in [1.807, 2.05) is 0 Å². The maximum absolute atomic E-state index is 12.1. The highest BCUT2D eigenvalue weighted by atomic mass is 79.9. The van der Waals surface area contributed by atoms with Crippen molar-refractivity contribution < 1.29 is 16.8 Å². The Labute approximate surface area is 126 Å². The average molecular weight is 391 g/mol. The molecule has 0 saturated carbocycles. The van der Waals surface area contributed by atoms with Crippen molar-refractivity contribution in [2.45, 2.75) is 17.9 Å². The van der Waals surface area contributed by atoms with Gasteiger partial charge in [0.05, 0.1) is 10.8 Å². The van der Waals surface area contributed by atoms with Crippen LogP contribution in [0.25, 0.3) is 0 Å². The van der Waals surface area contributed by atoms with E-state index < -0.39 is 25.9 Å².